The quantitative estimate of drug-likeness (QED) is 0.352. The van der Waals surface area contributed by atoms with Crippen molar-refractivity contribution in [3.05, 3.63) is 89.1 Å². The van der Waals surface area contributed by atoms with Crippen molar-refractivity contribution in [1.29, 1.82) is 0 Å². The molecule has 0 N–H and O–H groups in total. The number of para-hydroxylation sites is 1. The number of amides is 1. The number of rotatable bonds is 3. The molecule has 5 rings (SSSR count). The number of halogens is 4. The van der Waals surface area contributed by atoms with E-state index in [0.29, 0.717) is 53.8 Å². The molecule has 2 aromatic carbocycles. The third-order valence-corrected chi connectivity index (χ3v) is 6.39. The molecule has 1 saturated heterocycles. The van der Waals surface area contributed by atoms with E-state index < -0.39 is 11.7 Å². The standard InChI is InChI=1S/C26H20ClF3N4O/c27-21-7-3-1-6-19(21)23-15-20(18-5-2-4-8-22(18)32-23)25(35)34-13-11-33(12-14-34)24-10-9-17(16-31-24)26(28,29)30/h1-10,15-16H,11-14H2. The molecule has 1 aliphatic heterocycles. The highest BCUT2D eigenvalue weighted by Gasteiger charge is 2.31. The van der Waals surface area contributed by atoms with Gasteiger partial charge in [0, 0.05) is 48.3 Å². The van der Waals surface area contributed by atoms with Crippen LogP contribution >= 0.6 is 11.6 Å². The van der Waals surface area contributed by atoms with Crippen molar-refractivity contribution in [2.24, 2.45) is 0 Å². The maximum Gasteiger partial charge on any atom is 0.417 e. The maximum atomic E-state index is 13.6. The average molecular weight is 497 g/mol. The molecular weight excluding hydrogens is 477 g/mol. The Morgan fingerprint density at radius 1 is 0.914 bits per heavy atom. The summed E-state index contributed by atoms with van der Waals surface area (Å²) in [6, 6.07) is 19.0. The number of anilines is 1. The van der Waals surface area contributed by atoms with Gasteiger partial charge >= 0.3 is 6.18 Å². The fourth-order valence-corrected chi connectivity index (χ4v) is 4.44. The summed E-state index contributed by atoms with van der Waals surface area (Å²) < 4.78 is 38.5. The summed E-state index contributed by atoms with van der Waals surface area (Å²) in [6.45, 7) is 1.76. The van der Waals surface area contributed by atoms with Crippen LogP contribution in [-0.2, 0) is 6.18 Å². The van der Waals surface area contributed by atoms with Gasteiger partial charge in [0.25, 0.3) is 5.91 Å². The van der Waals surface area contributed by atoms with Gasteiger partial charge in [-0.25, -0.2) is 9.97 Å². The van der Waals surface area contributed by atoms with Crippen molar-refractivity contribution in [3.63, 3.8) is 0 Å². The number of piperazine rings is 1. The van der Waals surface area contributed by atoms with Gasteiger partial charge in [-0.05, 0) is 30.3 Å². The van der Waals surface area contributed by atoms with E-state index in [2.05, 4.69) is 4.98 Å². The van der Waals surface area contributed by atoms with Crippen LogP contribution in [-0.4, -0.2) is 47.0 Å². The minimum Gasteiger partial charge on any atom is -0.353 e. The molecule has 0 saturated carbocycles. The lowest BCUT2D eigenvalue weighted by Crippen LogP contribution is -2.49. The van der Waals surface area contributed by atoms with Gasteiger partial charge in [0.1, 0.15) is 5.82 Å². The molecule has 35 heavy (non-hydrogen) atoms. The molecule has 3 heterocycles. The van der Waals surface area contributed by atoms with E-state index in [9.17, 15) is 18.0 Å². The van der Waals surface area contributed by atoms with E-state index >= 15 is 0 Å². The van der Waals surface area contributed by atoms with E-state index in [1.807, 2.05) is 47.4 Å². The lowest BCUT2D eigenvalue weighted by molar-refractivity contribution is -0.137. The van der Waals surface area contributed by atoms with Gasteiger partial charge in [0.15, 0.2) is 0 Å². The van der Waals surface area contributed by atoms with Crippen LogP contribution in [0.1, 0.15) is 15.9 Å². The normalized spacial score (nSPS) is 14.4. The number of hydrogen-bond donors (Lipinski definition) is 0. The Balaban J connectivity index is 1.39. The summed E-state index contributed by atoms with van der Waals surface area (Å²) in [7, 11) is 0. The van der Waals surface area contributed by atoms with Gasteiger partial charge < -0.3 is 9.80 Å². The topological polar surface area (TPSA) is 49.3 Å². The van der Waals surface area contributed by atoms with E-state index in [-0.39, 0.29) is 5.91 Å². The Labute approximate surface area is 204 Å². The van der Waals surface area contributed by atoms with E-state index in [0.717, 1.165) is 23.2 Å². The van der Waals surface area contributed by atoms with Gasteiger partial charge in [-0.1, -0.05) is 48.0 Å². The molecule has 0 spiro atoms. The number of carbonyl (C=O) groups excluding carboxylic acids is 1. The summed E-state index contributed by atoms with van der Waals surface area (Å²) in [4.78, 5) is 25.9. The largest absolute Gasteiger partial charge is 0.417 e. The summed E-state index contributed by atoms with van der Waals surface area (Å²) >= 11 is 6.39. The molecule has 5 nitrogen and oxygen atoms in total. The zero-order valence-electron chi connectivity index (χ0n) is 18.5. The zero-order chi connectivity index (χ0) is 24.6. The van der Waals surface area contributed by atoms with Crippen molar-refractivity contribution in [2.75, 3.05) is 31.1 Å². The lowest BCUT2D eigenvalue weighted by atomic mass is 10.0. The van der Waals surface area contributed by atoms with Crippen LogP contribution in [0.5, 0.6) is 0 Å². The summed E-state index contributed by atoms with van der Waals surface area (Å²) in [6.07, 6.45) is -3.58. The molecule has 0 radical (unpaired) electrons. The van der Waals surface area contributed by atoms with Crippen LogP contribution in [0.25, 0.3) is 22.2 Å². The van der Waals surface area contributed by atoms with Crippen molar-refractivity contribution in [3.8, 4) is 11.3 Å². The SMILES string of the molecule is O=C(c1cc(-c2ccccc2Cl)nc2ccccc12)N1CCN(c2ccc(C(F)(F)F)cn2)CC1. The smallest absolute Gasteiger partial charge is 0.353 e. The average Bonchev–Trinajstić information content (AvgIpc) is 2.87. The van der Waals surface area contributed by atoms with Crippen molar-refractivity contribution < 1.29 is 18.0 Å². The number of nitrogens with zero attached hydrogens (tertiary/aromatic N) is 4. The minimum atomic E-state index is -4.42. The molecule has 1 fully saturated rings. The highest BCUT2D eigenvalue weighted by molar-refractivity contribution is 6.33. The fraction of sp³-hybridized carbons (Fsp3) is 0.192. The first-order valence-corrected chi connectivity index (χ1v) is 11.4. The van der Waals surface area contributed by atoms with Crippen LogP contribution < -0.4 is 4.90 Å². The molecule has 9 heteroatoms. The summed E-state index contributed by atoms with van der Waals surface area (Å²) in [5.74, 6) is 0.331. The van der Waals surface area contributed by atoms with Gasteiger partial charge in [-0.3, -0.25) is 4.79 Å². The third-order valence-electron chi connectivity index (χ3n) is 6.06. The molecule has 0 atom stereocenters. The van der Waals surface area contributed by atoms with Gasteiger partial charge in [0.05, 0.1) is 22.3 Å². The predicted octanol–water partition coefficient (Wildman–Crippen LogP) is 5.93. The maximum absolute atomic E-state index is 13.6. The predicted molar refractivity (Wildman–Crippen MR) is 130 cm³/mol. The lowest BCUT2D eigenvalue weighted by Gasteiger charge is -2.35. The Bertz CT molecular complexity index is 1380. The minimum absolute atomic E-state index is 0.128. The molecular formula is C26H20ClF3N4O. The van der Waals surface area contributed by atoms with Crippen molar-refractivity contribution in [2.45, 2.75) is 6.18 Å². The van der Waals surface area contributed by atoms with Gasteiger partial charge in [-0.15, -0.1) is 0 Å². The fourth-order valence-electron chi connectivity index (χ4n) is 4.21. The first kappa shape index (κ1) is 23.1. The molecule has 1 amide bonds. The second-order valence-electron chi connectivity index (χ2n) is 8.23. The van der Waals surface area contributed by atoms with Crippen molar-refractivity contribution >= 4 is 34.2 Å². The van der Waals surface area contributed by atoms with Crippen molar-refractivity contribution in [1.82, 2.24) is 14.9 Å². The summed E-state index contributed by atoms with van der Waals surface area (Å²) in [5.41, 5.74) is 1.80. The van der Waals surface area contributed by atoms with Crippen LogP contribution in [0, 0.1) is 0 Å². The number of carbonyl (C=O) groups is 1. The van der Waals surface area contributed by atoms with Crippen LogP contribution in [0.3, 0.4) is 0 Å². The van der Waals surface area contributed by atoms with Crippen LogP contribution in [0.15, 0.2) is 72.9 Å². The summed E-state index contributed by atoms with van der Waals surface area (Å²) in [5, 5.41) is 1.30. The monoisotopic (exact) mass is 496 g/mol. The molecule has 2 aromatic heterocycles. The first-order chi connectivity index (χ1) is 16.8. The molecule has 1 aliphatic rings. The third kappa shape index (κ3) is 4.66. The number of aromatic nitrogens is 2. The highest BCUT2D eigenvalue weighted by Crippen LogP contribution is 2.31. The second-order valence-corrected chi connectivity index (χ2v) is 8.64. The Kier molecular flexibility index (Phi) is 6.06. The molecule has 4 aromatic rings. The second kappa shape index (κ2) is 9.19. The van der Waals surface area contributed by atoms with Gasteiger partial charge in [-0.2, -0.15) is 13.2 Å². The zero-order valence-corrected chi connectivity index (χ0v) is 19.2. The Hall–Kier alpha value is -3.65. The van der Waals surface area contributed by atoms with E-state index in [4.69, 9.17) is 16.6 Å². The van der Waals surface area contributed by atoms with E-state index in [1.165, 1.54) is 6.07 Å². The Morgan fingerprint density at radius 2 is 1.63 bits per heavy atom. The van der Waals surface area contributed by atoms with Crippen LogP contribution in [0.2, 0.25) is 5.02 Å². The highest BCUT2D eigenvalue weighted by atomic mass is 35.5. The first-order valence-electron chi connectivity index (χ1n) is 11.0. The van der Waals surface area contributed by atoms with Crippen LogP contribution in [0.4, 0.5) is 19.0 Å². The molecule has 0 unspecified atom stereocenters. The molecule has 0 aliphatic carbocycles. The number of fused-ring (bicyclic) bond motifs is 1. The Morgan fingerprint density at radius 3 is 2.31 bits per heavy atom. The number of alkyl halides is 3. The number of hydrogen-bond acceptors (Lipinski definition) is 4. The number of pyridine rings is 2. The van der Waals surface area contributed by atoms with Gasteiger partial charge in [0.2, 0.25) is 0 Å². The van der Waals surface area contributed by atoms with E-state index in [1.54, 1.807) is 17.0 Å². The number of benzene rings is 2. The molecule has 0 bridgehead atoms. The molecule has 178 valence electrons.